The molecule has 0 aliphatic carbocycles. The molecule has 140 valence electrons. The number of aromatic nitrogens is 4. The second-order valence-electron chi connectivity index (χ2n) is 5.54. The molecule has 0 bridgehead atoms. The van der Waals surface area contributed by atoms with E-state index in [1.165, 1.54) is 6.07 Å². The summed E-state index contributed by atoms with van der Waals surface area (Å²) in [5.74, 6) is -0.813. The molecule has 11 heteroatoms. The average molecular weight is 378 g/mol. The van der Waals surface area contributed by atoms with Crippen LogP contribution in [0.2, 0.25) is 0 Å². The van der Waals surface area contributed by atoms with Gasteiger partial charge in [-0.2, -0.15) is 28.4 Å². The van der Waals surface area contributed by atoms with E-state index in [0.29, 0.717) is 5.56 Å². The fourth-order valence-corrected chi connectivity index (χ4v) is 2.06. The normalized spacial score (nSPS) is 11.9. The number of carbonyl (C=O) groups excluding carboxylic acids is 1. The van der Waals surface area contributed by atoms with Crippen molar-refractivity contribution in [2.45, 2.75) is 19.6 Å². The third-order valence-corrected chi connectivity index (χ3v) is 3.30. The van der Waals surface area contributed by atoms with Crippen LogP contribution in [0.5, 0.6) is 0 Å². The predicted octanol–water partition coefficient (Wildman–Crippen LogP) is 2.57. The molecule has 0 atom stereocenters. The van der Waals surface area contributed by atoms with Crippen molar-refractivity contribution in [2.75, 3.05) is 0 Å². The van der Waals surface area contributed by atoms with Crippen molar-refractivity contribution in [3.05, 3.63) is 53.7 Å². The van der Waals surface area contributed by atoms with Gasteiger partial charge in [0.1, 0.15) is 12.2 Å². The highest BCUT2D eigenvalue weighted by atomic mass is 19.4. The summed E-state index contributed by atoms with van der Waals surface area (Å²) < 4.78 is 42.4. The summed E-state index contributed by atoms with van der Waals surface area (Å²) in [5.41, 5.74) is 4.03. The minimum absolute atomic E-state index is 0.144. The molecule has 8 nitrogen and oxygen atoms in total. The monoisotopic (exact) mass is 378 g/mol. The number of aryl methyl sites for hydroxylation is 1. The number of carbonyl (C=O) groups is 1. The second kappa shape index (κ2) is 7.40. The zero-order valence-corrected chi connectivity index (χ0v) is 13.9. The Hall–Kier alpha value is -3.50. The molecule has 0 spiro atoms. The quantitative estimate of drug-likeness (QED) is 0.544. The largest absolute Gasteiger partial charge is 0.408 e. The van der Waals surface area contributed by atoms with Crippen molar-refractivity contribution < 1.29 is 22.5 Å². The van der Waals surface area contributed by atoms with E-state index < -0.39 is 18.6 Å². The molecule has 3 aromatic rings. The third-order valence-electron chi connectivity index (χ3n) is 3.30. The lowest BCUT2D eigenvalue weighted by Gasteiger charge is -2.04. The van der Waals surface area contributed by atoms with Crippen LogP contribution in [0.25, 0.3) is 11.4 Å². The highest BCUT2D eigenvalue weighted by molar-refractivity contribution is 5.90. The summed E-state index contributed by atoms with van der Waals surface area (Å²) >= 11 is 0. The molecule has 0 fully saturated rings. The minimum atomic E-state index is -4.37. The van der Waals surface area contributed by atoms with Crippen molar-refractivity contribution >= 4 is 12.1 Å². The van der Waals surface area contributed by atoms with Gasteiger partial charge in [-0.1, -0.05) is 35.0 Å². The number of amides is 1. The van der Waals surface area contributed by atoms with Crippen molar-refractivity contribution in [1.29, 1.82) is 0 Å². The summed E-state index contributed by atoms with van der Waals surface area (Å²) in [4.78, 5) is 15.9. The molecule has 0 saturated carbocycles. The topological polar surface area (TPSA) is 98.2 Å². The van der Waals surface area contributed by atoms with E-state index in [0.717, 1.165) is 22.7 Å². The number of halogens is 3. The maximum absolute atomic E-state index is 12.3. The fraction of sp³-hybridized carbons (Fsp3) is 0.188. The van der Waals surface area contributed by atoms with Crippen LogP contribution in [0.3, 0.4) is 0 Å². The first kappa shape index (κ1) is 18.3. The summed E-state index contributed by atoms with van der Waals surface area (Å²) in [6.07, 6.45) is -2.12. The number of hydrazone groups is 1. The van der Waals surface area contributed by atoms with E-state index in [9.17, 15) is 18.0 Å². The van der Waals surface area contributed by atoms with Crippen LogP contribution < -0.4 is 5.43 Å². The molecule has 0 unspecified atom stereocenters. The van der Waals surface area contributed by atoms with Gasteiger partial charge in [0.15, 0.2) is 0 Å². The van der Waals surface area contributed by atoms with E-state index in [1.54, 1.807) is 12.1 Å². The lowest BCUT2D eigenvalue weighted by Crippen LogP contribution is -2.19. The van der Waals surface area contributed by atoms with E-state index in [-0.39, 0.29) is 17.4 Å². The van der Waals surface area contributed by atoms with Crippen LogP contribution in [-0.4, -0.2) is 38.2 Å². The van der Waals surface area contributed by atoms with E-state index in [1.807, 2.05) is 19.1 Å². The van der Waals surface area contributed by atoms with Crippen LogP contribution in [0, 0.1) is 6.92 Å². The average Bonchev–Trinajstić information content (AvgIpc) is 3.24. The first-order chi connectivity index (χ1) is 12.8. The van der Waals surface area contributed by atoms with Gasteiger partial charge in [-0.3, -0.25) is 9.48 Å². The van der Waals surface area contributed by atoms with Gasteiger partial charge in [0.2, 0.25) is 5.82 Å². The molecule has 3 rings (SSSR count). The number of hydrogen-bond acceptors (Lipinski definition) is 6. The molecule has 0 radical (unpaired) electrons. The molecule has 2 aromatic heterocycles. The van der Waals surface area contributed by atoms with Crippen molar-refractivity contribution in [1.82, 2.24) is 25.3 Å². The summed E-state index contributed by atoms with van der Waals surface area (Å²) in [5, 5.41) is 11.0. The van der Waals surface area contributed by atoms with E-state index in [4.69, 9.17) is 4.52 Å². The number of hydrogen-bond donors (Lipinski definition) is 1. The first-order valence-corrected chi connectivity index (χ1v) is 7.64. The smallest absolute Gasteiger partial charge is 0.328 e. The molecule has 1 aromatic carbocycles. The number of benzene rings is 1. The Morgan fingerprint density at radius 3 is 2.74 bits per heavy atom. The van der Waals surface area contributed by atoms with Crippen LogP contribution in [0.1, 0.15) is 21.9 Å². The lowest BCUT2D eigenvalue weighted by atomic mass is 10.1. The number of alkyl halides is 3. The van der Waals surface area contributed by atoms with Gasteiger partial charge in [-0.25, -0.2) is 5.43 Å². The zero-order valence-electron chi connectivity index (χ0n) is 13.9. The van der Waals surface area contributed by atoms with E-state index >= 15 is 0 Å². The molecular formula is C16H13F3N6O2. The van der Waals surface area contributed by atoms with Crippen LogP contribution in [0.15, 0.2) is 46.2 Å². The Balaban J connectivity index is 1.59. The number of rotatable bonds is 5. The molecule has 0 aliphatic rings. The first-order valence-electron chi connectivity index (χ1n) is 7.64. The maximum Gasteiger partial charge on any atom is 0.408 e. The van der Waals surface area contributed by atoms with Crippen molar-refractivity contribution in [3.8, 4) is 11.4 Å². The maximum atomic E-state index is 12.3. The minimum Gasteiger partial charge on any atom is -0.328 e. The number of nitrogens with one attached hydrogen (secondary N) is 1. The van der Waals surface area contributed by atoms with Crippen LogP contribution in [0.4, 0.5) is 13.2 Å². The Bertz CT molecular complexity index is 959. The summed E-state index contributed by atoms with van der Waals surface area (Å²) in [7, 11) is 0. The summed E-state index contributed by atoms with van der Waals surface area (Å²) in [6.45, 7) is 0.722. The van der Waals surface area contributed by atoms with Gasteiger partial charge in [0, 0.05) is 11.8 Å². The second-order valence-corrected chi connectivity index (χ2v) is 5.54. The molecule has 0 aliphatic heterocycles. The fourth-order valence-electron chi connectivity index (χ4n) is 2.06. The SMILES string of the molecule is Cc1ccc(-c2noc(C(=O)N/N=C/c3ccn(CC(F)(F)F)n3)n2)cc1. The van der Waals surface area contributed by atoms with Crippen molar-refractivity contribution in [3.63, 3.8) is 0 Å². The number of nitrogens with zero attached hydrogens (tertiary/aromatic N) is 5. The Morgan fingerprint density at radius 2 is 2.04 bits per heavy atom. The Morgan fingerprint density at radius 1 is 1.30 bits per heavy atom. The van der Waals surface area contributed by atoms with Gasteiger partial charge in [0.25, 0.3) is 0 Å². The van der Waals surface area contributed by atoms with Crippen LogP contribution in [-0.2, 0) is 6.54 Å². The highest BCUT2D eigenvalue weighted by Gasteiger charge is 2.28. The molecule has 1 N–H and O–H groups in total. The molecule has 27 heavy (non-hydrogen) atoms. The van der Waals surface area contributed by atoms with Crippen LogP contribution >= 0.6 is 0 Å². The lowest BCUT2D eigenvalue weighted by molar-refractivity contribution is -0.142. The molecule has 0 saturated heterocycles. The Labute approximate surface area is 150 Å². The standard InChI is InChI=1S/C16H13F3N6O2/c1-10-2-4-11(5-3-10)13-21-15(27-24-13)14(26)22-20-8-12-6-7-25(23-12)9-16(17,18)19/h2-8H,9H2,1H3,(H,22,26)/b20-8+. The van der Waals surface area contributed by atoms with Gasteiger partial charge >= 0.3 is 18.0 Å². The van der Waals surface area contributed by atoms with Gasteiger partial charge in [0.05, 0.1) is 6.21 Å². The van der Waals surface area contributed by atoms with Gasteiger partial charge in [-0.15, -0.1) is 0 Å². The molecular weight excluding hydrogens is 365 g/mol. The Kier molecular flexibility index (Phi) is 5.01. The predicted molar refractivity (Wildman–Crippen MR) is 87.8 cm³/mol. The third kappa shape index (κ3) is 5.00. The zero-order chi connectivity index (χ0) is 19.4. The summed E-state index contributed by atoms with van der Waals surface area (Å²) in [6, 6.07) is 8.64. The van der Waals surface area contributed by atoms with E-state index in [2.05, 4.69) is 25.8 Å². The molecule has 2 heterocycles. The van der Waals surface area contributed by atoms with Gasteiger partial charge < -0.3 is 4.52 Å². The van der Waals surface area contributed by atoms with Gasteiger partial charge in [-0.05, 0) is 13.0 Å². The van der Waals surface area contributed by atoms with Crippen molar-refractivity contribution in [2.24, 2.45) is 5.10 Å². The highest BCUT2D eigenvalue weighted by Crippen LogP contribution is 2.17. The molecule has 1 amide bonds.